The van der Waals surface area contributed by atoms with Crippen LogP contribution in [0.1, 0.15) is 36.2 Å². The summed E-state index contributed by atoms with van der Waals surface area (Å²) in [4.78, 5) is 13.5. The van der Waals surface area contributed by atoms with Crippen LogP contribution in [-0.4, -0.2) is 39.8 Å². The molecule has 1 amide bonds. The maximum absolute atomic E-state index is 11.8. The van der Waals surface area contributed by atoms with Crippen LogP contribution in [0, 0.1) is 5.92 Å². The smallest absolute Gasteiger partial charge is 0.275 e. The molecule has 0 radical (unpaired) electrons. The van der Waals surface area contributed by atoms with Gasteiger partial charge in [0.1, 0.15) is 0 Å². The standard InChI is InChI=1S/C10H16N4O/c1-14(7-8-4-2-3-5-8)10(15)9-6-11-13-12-9/h6,8H,2-5,7H2,1H3,(H,11,12,13). The van der Waals surface area contributed by atoms with Crippen molar-refractivity contribution >= 4 is 5.91 Å². The highest BCUT2D eigenvalue weighted by Gasteiger charge is 2.21. The summed E-state index contributed by atoms with van der Waals surface area (Å²) in [7, 11) is 1.83. The molecule has 15 heavy (non-hydrogen) atoms. The average Bonchev–Trinajstić information content (AvgIpc) is 2.88. The van der Waals surface area contributed by atoms with Gasteiger partial charge in [-0.2, -0.15) is 15.4 Å². The summed E-state index contributed by atoms with van der Waals surface area (Å²) < 4.78 is 0. The molecule has 0 atom stereocenters. The summed E-state index contributed by atoms with van der Waals surface area (Å²) in [5.41, 5.74) is 0.399. The first-order valence-corrected chi connectivity index (χ1v) is 5.38. The highest BCUT2D eigenvalue weighted by atomic mass is 16.2. The molecule has 1 aliphatic rings. The van der Waals surface area contributed by atoms with E-state index in [0.29, 0.717) is 11.6 Å². The predicted molar refractivity (Wildman–Crippen MR) is 55.3 cm³/mol. The predicted octanol–water partition coefficient (Wildman–Crippen LogP) is 1.07. The van der Waals surface area contributed by atoms with E-state index < -0.39 is 0 Å². The number of aromatic amines is 1. The molecule has 1 fully saturated rings. The first-order valence-electron chi connectivity index (χ1n) is 5.38. The third kappa shape index (κ3) is 2.34. The van der Waals surface area contributed by atoms with Gasteiger partial charge in [0.05, 0.1) is 6.20 Å². The van der Waals surface area contributed by atoms with Crippen molar-refractivity contribution in [1.29, 1.82) is 0 Å². The average molecular weight is 208 g/mol. The highest BCUT2D eigenvalue weighted by Crippen LogP contribution is 2.25. The van der Waals surface area contributed by atoms with Gasteiger partial charge in [0.25, 0.3) is 5.91 Å². The fourth-order valence-electron chi connectivity index (χ4n) is 2.16. The van der Waals surface area contributed by atoms with Crippen LogP contribution in [0.4, 0.5) is 0 Å². The highest BCUT2D eigenvalue weighted by molar-refractivity contribution is 5.91. The summed E-state index contributed by atoms with van der Waals surface area (Å²) in [5.74, 6) is 0.626. The van der Waals surface area contributed by atoms with Crippen molar-refractivity contribution in [1.82, 2.24) is 20.3 Å². The van der Waals surface area contributed by atoms with Crippen molar-refractivity contribution in [2.75, 3.05) is 13.6 Å². The van der Waals surface area contributed by atoms with Gasteiger partial charge in [-0.05, 0) is 18.8 Å². The molecule has 0 saturated heterocycles. The van der Waals surface area contributed by atoms with Crippen LogP contribution in [0.2, 0.25) is 0 Å². The third-order valence-corrected chi connectivity index (χ3v) is 2.99. The van der Waals surface area contributed by atoms with Crippen molar-refractivity contribution in [3.8, 4) is 0 Å². The molecule has 1 saturated carbocycles. The van der Waals surface area contributed by atoms with Crippen LogP contribution >= 0.6 is 0 Å². The molecular weight excluding hydrogens is 192 g/mol. The number of amides is 1. The topological polar surface area (TPSA) is 61.9 Å². The number of hydrogen-bond donors (Lipinski definition) is 1. The monoisotopic (exact) mass is 208 g/mol. The Bertz CT molecular complexity index is 316. The van der Waals surface area contributed by atoms with E-state index in [1.165, 1.54) is 31.9 Å². The maximum atomic E-state index is 11.8. The minimum absolute atomic E-state index is 0.0457. The summed E-state index contributed by atoms with van der Waals surface area (Å²) in [6.45, 7) is 0.839. The van der Waals surface area contributed by atoms with Crippen molar-refractivity contribution in [2.24, 2.45) is 5.92 Å². The van der Waals surface area contributed by atoms with Gasteiger partial charge >= 0.3 is 0 Å². The molecule has 5 heteroatoms. The summed E-state index contributed by atoms with van der Waals surface area (Å²) >= 11 is 0. The number of rotatable bonds is 3. The van der Waals surface area contributed by atoms with Gasteiger partial charge in [0.2, 0.25) is 0 Å². The lowest BCUT2D eigenvalue weighted by molar-refractivity contribution is 0.0767. The van der Waals surface area contributed by atoms with E-state index in [0.717, 1.165) is 6.54 Å². The number of nitrogens with zero attached hydrogens (tertiary/aromatic N) is 3. The van der Waals surface area contributed by atoms with E-state index in [9.17, 15) is 4.79 Å². The van der Waals surface area contributed by atoms with Crippen LogP contribution in [0.15, 0.2) is 6.20 Å². The Balaban J connectivity index is 1.90. The van der Waals surface area contributed by atoms with Gasteiger partial charge in [-0.25, -0.2) is 0 Å². The quantitative estimate of drug-likeness (QED) is 0.808. The lowest BCUT2D eigenvalue weighted by atomic mass is 10.1. The van der Waals surface area contributed by atoms with Gasteiger partial charge in [-0.3, -0.25) is 4.79 Å². The fraction of sp³-hybridized carbons (Fsp3) is 0.700. The first kappa shape index (κ1) is 10.1. The molecule has 1 aliphatic carbocycles. The number of carbonyl (C=O) groups excluding carboxylic acids is 1. The van der Waals surface area contributed by atoms with Crippen LogP contribution in [-0.2, 0) is 0 Å². The van der Waals surface area contributed by atoms with Gasteiger partial charge in [-0.1, -0.05) is 12.8 Å². The summed E-state index contributed by atoms with van der Waals surface area (Å²) in [5, 5.41) is 9.87. The van der Waals surface area contributed by atoms with Gasteiger partial charge < -0.3 is 4.90 Å². The molecule has 1 aromatic rings. The zero-order valence-electron chi connectivity index (χ0n) is 8.94. The molecule has 2 rings (SSSR count). The Morgan fingerprint density at radius 2 is 2.33 bits per heavy atom. The molecule has 0 aliphatic heterocycles. The number of hydrogen-bond acceptors (Lipinski definition) is 3. The molecule has 0 spiro atoms. The Labute approximate surface area is 88.9 Å². The molecular formula is C10H16N4O. The number of aromatic nitrogens is 3. The summed E-state index contributed by atoms with van der Waals surface area (Å²) in [6, 6.07) is 0. The van der Waals surface area contributed by atoms with Crippen molar-refractivity contribution in [3.63, 3.8) is 0 Å². The molecule has 1 aromatic heterocycles. The van der Waals surface area contributed by atoms with E-state index in [-0.39, 0.29) is 5.91 Å². The zero-order valence-corrected chi connectivity index (χ0v) is 8.94. The molecule has 0 unspecified atom stereocenters. The molecule has 0 aromatic carbocycles. The van der Waals surface area contributed by atoms with Crippen molar-refractivity contribution < 1.29 is 4.79 Å². The number of nitrogens with one attached hydrogen (secondary N) is 1. The van der Waals surface area contributed by atoms with Gasteiger partial charge in [0.15, 0.2) is 5.69 Å². The molecule has 5 nitrogen and oxygen atoms in total. The van der Waals surface area contributed by atoms with Crippen LogP contribution < -0.4 is 0 Å². The zero-order chi connectivity index (χ0) is 10.7. The third-order valence-electron chi connectivity index (χ3n) is 2.99. The molecule has 1 N–H and O–H groups in total. The second-order valence-corrected chi connectivity index (χ2v) is 4.19. The minimum atomic E-state index is -0.0457. The fourth-order valence-corrected chi connectivity index (χ4v) is 2.16. The van der Waals surface area contributed by atoms with Crippen LogP contribution in [0.3, 0.4) is 0 Å². The second kappa shape index (κ2) is 4.42. The normalized spacial score (nSPS) is 16.9. The Hall–Kier alpha value is -1.39. The lowest BCUT2D eigenvalue weighted by Gasteiger charge is -2.19. The minimum Gasteiger partial charge on any atom is -0.340 e. The maximum Gasteiger partial charge on any atom is 0.275 e. The van der Waals surface area contributed by atoms with E-state index in [1.807, 2.05) is 7.05 Å². The Kier molecular flexibility index (Phi) is 2.99. The van der Waals surface area contributed by atoms with Crippen molar-refractivity contribution in [3.05, 3.63) is 11.9 Å². The van der Waals surface area contributed by atoms with E-state index >= 15 is 0 Å². The van der Waals surface area contributed by atoms with E-state index in [4.69, 9.17) is 0 Å². The van der Waals surface area contributed by atoms with E-state index in [1.54, 1.807) is 4.90 Å². The second-order valence-electron chi connectivity index (χ2n) is 4.19. The molecule has 1 heterocycles. The lowest BCUT2D eigenvalue weighted by Crippen LogP contribution is -2.31. The number of carbonyl (C=O) groups is 1. The molecule has 0 bridgehead atoms. The van der Waals surface area contributed by atoms with Gasteiger partial charge in [0, 0.05) is 13.6 Å². The first-order chi connectivity index (χ1) is 7.27. The van der Waals surface area contributed by atoms with Crippen LogP contribution in [0.5, 0.6) is 0 Å². The summed E-state index contributed by atoms with van der Waals surface area (Å²) in [6.07, 6.45) is 6.56. The van der Waals surface area contributed by atoms with E-state index in [2.05, 4.69) is 15.4 Å². The largest absolute Gasteiger partial charge is 0.340 e. The van der Waals surface area contributed by atoms with Crippen LogP contribution in [0.25, 0.3) is 0 Å². The Morgan fingerprint density at radius 1 is 1.60 bits per heavy atom. The Morgan fingerprint density at radius 3 is 2.93 bits per heavy atom. The van der Waals surface area contributed by atoms with Crippen molar-refractivity contribution in [2.45, 2.75) is 25.7 Å². The molecule has 82 valence electrons. The number of H-pyrrole nitrogens is 1. The van der Waals surface area contributed by atoms with Gasteiger partial charge in [-0.15, -0.1) is 0 Å². The SMILES string of the molecule is CN(CC1CCCC1)C(=O)c1cn[nH]n1.